The van der Waals surface area contributed by atoms with E-state index in [4.69, 9.17) is 0 Å². The molecule has 3 aromatic rings. The zero-order valence-corrected chi connectivity index (χ0v) is 17.7. The molecule has 2 bridgehead atoms. The van der Waals surface area contributed by atoms with Gasteiger partial charge in [0.1, 0.15) is 0 Å². The molecule has 2 N–H and O–H groups in total. The molecule has 1 amide bonds. The van der Waals surface area contributed by atoms with E-state index in [0.29, 0.717) is 19.6 Å². The summed E-state index contributed by atoms with van der Waals surface area (Å²) in [6.45, 7) is 1.37. The Kier molecular flexibility index (Phi) is 5.59. The van der Waals surface area contributed by atoms with E-state index >= 15 is 0 Å². The molecule has 1 aromatic carbocycles. The van der Waals surface area contributed by atoms with Crippen LogP contribution in [0.1, 0.15) is 22.9 Å². The Hall–Kier alpha value is -3.29. The Morgan fingerprint density at radius 2 is 1.88 bits per heavy atom. The van der Waals surface area contributed by atoms with Gasteiger partial charge in [0.05, 0.1) is 12.0 Å². The van der Waals surface area contributed by atoms with E-state index in [-0.39, 0.29) is 36.1 Å². The van der Waals surface area contributed by atoms with Gasteiger partial charge in [-0.05, 0) is 23.3 Å². The first-order valence-electron chi connectivity index (χ1n) is 10.9. The number of benzene rings is 1. The smallest absolute Gasteiger partial charge is 0.250 e. The normalized spacial score (nSPS) is 24.2. The lowest BCUT2D eigenvalue weighted by Gasteiger charge is -2.38. The monoisotopic (exact) mass is 430 g/mol. The van der Waals surface area contributed by atoms with Gasteiger partial charge >= 0.3 is 0 Å². The minimum absolute atomic E-state index is 0.0689. The van der Waals surface area contributed by atoms with E-state index in [1.807, 2.05) is 54.7 Å². The van der Waals surface area contributed by atoms with Crippen molar-refractivity contribution in [2.24, 2.45) is 11.8 Å². The molecule has 2 aliphatic heterocycles. The lowest BCUT2D eigenvalue weighted by Crippen LogP contribution is -2.45. The Balaban J connectivity index is 1.50. The van der Waals surface area contributed by atoms with Crippen molar-refractivity contribution >= 4 is 5.91 Å². The average molecular weight is 431 g/mol. The number of rotatable bonds is 6. The number of fused-ring (bicyclic) bond motifs is 4. The number of aliphatic hydroxyl groups excluding tert-OH is 1. The molecule has 0 radical (unpaired) electrons. The number of nitrogens with zero attached hydrogens (tertiary/aromatic N) is 3. The molecule has 0 spiro atoms. The number of hydrogen-bond acceptors (Lipinski definition) is 5. The van der Waals surface area contributed by atoms with Crippen LogP contribution >= 0.6 is 0 Å². The largest absolute Gasteiger partial charge is 0.396 e. The molecule has 5 rings (SSSR count). The predicted molar refractivity (Wildman–Crippen MR) is 119 cm³/mol. The van der Waals surface area contributed by atoms with Crippen LogP contribution in [-0.4, -0.2) is 38.1 Å². The molecule has 2 aliphatic rings. The van der Waals surface area contributed by atoms with Crippen LogP contribution in [0.15, 0.2) is 77.9 Å². The first-order chi connectivity index (χ1) is 15.7. The third-order valence-electron chi connectivity index (χ3n) is 6.75. The number of pyridine rings is 2. The Labute approximate surface area is 186 Å². The molecule has 7 heteroatoms. The third-order valence-corrected chi connectivity index (χ3v) is 6.75. The van der Waals surface area contributed by atoms with Crippen molar-refractivity contribution in [2.75, 3.05) is 6.61 Å². The van der Waals surface area contributed by atoms with Crippen LogP contribution in [0.3, 0.4) is 0 Å². The van der Waals surface area contributed by atoms with Gasteiger partial charge in [0, 0.05) is 62.4 Å². The molecule has 4 atom stereocenters. The van der Waals surface area contributed by atoms with Gasteiger partial charge in [-0.15, -0.1) is 0 Å². The van der Waals surface area contributed by atoms with Crippen molar-refractivity contribution in [2.45, 2.75) is 31.7 Å². The van der Waals surface area contributed by atoms with Crippen molar-refractivity contribution in [1.82, 2.24) is 19.8 Å². The number of amides is 1. The summed E-state index contributed by atoms with van der Waals surface area (Å²) >= 11 is 0. The van der Waals surface area contributed by atoms with Gasteiger partial charge < -0.3 is 15.0 Å². The highest BCUT2D eigenvalue weighted by atomic mass is 16.3. The molecular formula is C25H26N4O3. The van der Waals surface area contributed by atoms with Crippen LogP contribution in [-0.2, 0) is 24.4 Å². The summed E-state index contributed by atoms with van der Waals surface area (Å²) in [7, 11) is 0. The van der Waals surface area contributed by atoms with Gasteiger partial charge in [-0.25, -0.2) is 0 Å². The number of aliphatic hydroxyl groups is 1. The van der Waals surface area contributed by atoms with Crippen LogP contribution in [0.5, 0.6) is 0 Å². The minimum atomic E-state index is -0.457. The van der Waals surface area contributed by atoms with Crippen molar-refractivity contribution in [3.8, 4) is 0 Å². The fourth-order valence-corrected chi connectivity index (χ4v) is 5.30. The van der Waals surface area contributed by atoms with Gasteiger partial charge in [-0.2, -0.15) is 0 Å². The SMILES string of the molecule is O=C(NCc1ccccc1)[C@@H]1[C@@H](CO)[C@@H]2Cn3c(cccc3=O)[C@H]1N2Cc1cccnc1. The highest BCUT2D eigenvalue weighted by Gasteiger charge is 2.55. The maximum absolute atomic E-state index is 13.5. The van der Waals surface area contributed by atoms with Crippen LogP contribution in [0.4, 0.5) is 0 Å². The maximum atomic E-state index is 13.5. The maximum Gasteiger partial charge on any atom is 0.250 e. The summed E-state index contributed by atoms with van der Waals surface area (Å²) in [4.78, 5) is 32.6. The van der Waals surface area contributed by atoms with Gasteiger partial charge in [-0.3, -0.25) is 19.5 Å². The van der Waals surface area contributed by atoms with Crippen LogP contribution in [0.25, 0.3) is 0 Å². The summed E-state index contributed by atoms with van der Waals surface area (Å²) in [6.07, 6.45) is 3.56. The van der Waals surface area contributed by atoms with E-state index in [0.717, 1.165) is 16.8 Å². The Bertz CT molecular complexity index is 1150. The molecule has 1 fully saturated rings. The molecule has 4 heterocycles. The van der Waals surface area contributed by atoms with Crippen molar-refractivity contribution < 1.29 is 9.90 Å². The highest BCUT2D eigenvalue weighted by Crippen LogP contribution is 2.48. The molecule has 1 saturated heterocycles. The summed E-state index contributed by atoms with van der Waals surface area (Å²) < 4.78 is 1.77. The summed E-state index contributed by atoms with van der Waals surface area (Å²) in [6, 6.07) is 18.5. The molecule has 32 heavy (non-hydrogen) atoms. The number of nitrogens with one attached hydrogen (secondary N) is 1. The van der Waals surface area contributed by atoms with Crippen LogP contribution in [0.2, 0.25) is 0 Å². The van der Waals surface area contributed by atoms with Crippen LogP contribution < -0.4 is 10.9 Å². The fourth-order valence-electron chi connectivity index (χ4n) is 5.30. The summed E-state index contributed by atoms with van der Waals surface area (Å²) in [5.74, 6) is -0.825. The Morgan fingerprint density at radius 3 is 2.62 bits per heavy atom. The molecule has 7 nitrogen and oxygen atoms in total. The first-order valence-corrected chi connectivity index (χ1v) is 10.9. The predicted octanol–water partition coefficient (Wildman–Crippen LogP) is 1.72. The summed E-state index contributed by atoms with van der Waals surface area (Å²) in [5, 5.41) is 13.4. The quantitative estimate of drug-likeness (QED) is 0.622. The zero-order chi connectivity index (χ0) is 22.1. The number of carbonyl (C=O) groups is 1. The second kappa shape index (κ2) is 8.68. The topological polar surface area (TPSA) is 87.5 Å². The van der Waals surface area contributed by atoms with E-state index in [9.17, 15) is 14.7 Å². The highest BCUT2D eigenvalue weighted by molar-refractivity contribution is 5.80. The second-order valence-electron chi connectivity index (χ2n) is 8.52. The van der Waals surface area contributed by atoms with Gasteiger partial charge in [0.25, 0.3) is 5.56 Å². The molecule has 0 unspecified atom stereocenters. The van der Waals surface area contributed by atoms with E-state index in [1.165, 1.54) is 0 Å². The molecule has 0 aliphatic carbocycles. The zero-order valence-electron chi connectivity index (χ0n) is 17.7. The van der Waals surface area contributed by atoms with Crippen LogP contribution in [0, 0.1) is 11.8 Å². The number of hydrogen-bond donors (Lipinski definition) is 2. The second-order valence-corrected chi connectivity index (χ2v) is 8.52. The number of carbonyl (C=O) groups excluding carboxylic acids is 1. The van der Waals surface area contributed by atoms with E-state index in [1.54, 1.807) is 22.9 Å². The third kappa shape index (κ3) is 3.63. The standard InChI is InChI=1S/C25H26N4O3/c30-16-19-21-15-28-20(9-4-10-22(28)31)24(29(21)14-18-8-5-11-26-12-18)23(19)25(32)27-13-17-6-2-1-3-7-17/h1-12,19,21,23-24,30H,13-16H2,(H,27,32)/t19-,21-,23+,24+/m0/s1. The van der Waals surface area contributed by atoms with Gasteiger partial charge in [0.15, 0.2) is 0 Å². The Morgan fingerprint density at radius 1 is 1.06 bits per heavy atom. The van der Waals surface area contributed by atoms with E-state index in [2.05, 4.69) is 15.2 Å². The summed E-state index contributed by atoms with van der Waals surface area (Å²) in [5.41, 5.74) is 2.82. The number of aromatic nitrogens is 2. The van der Waals surface area contributed by atoms with Crippen molar-refractivity contribution in [3.63, 3.8) is 0 Å². The lowest BCUT2D eigenvalue weighted by molar-refractivity contribution is -0.127. The molecule has 2 aromatic heterocycles. The fraction of sp³-hybridized carbons (Fsp3) is 0.320. The van der Waals surface area contributed by atoms with Crippen molar-refractivity contribution in [1.29, 1.82) is 0 Å². The molecule has 164 valence electrons. The molecule has 0 saturated carbocycles. The first kappa shape index (κ1) is 20.6. The van der Waals surface area contributed by atoms with Gasteiger partial charge in [0.2, 0.25) is 5.91 Å². The van der Waals surface area contributed by atoms with Crippen molar-refractivity contribution in [3.05, 3.63) is 100 Å². The minimum Gasteiger partial charge on any atom is -0.396 e. The lowest BCUT2D eigenvalue weighted by atomic mass is 9.86. The average Bonchev–Trinajstić information content (AvgIpc) is 3.03. The van der Waals surface area contributed by atoms with Gasteiger partial charge in [-0.1, -0.05) is 42.5 Å². The molecular weight excluding hydrogens is 404 g/mol. The van der Waals surface area contributed by atoms with E-state index < -0.39 is 5.92 Å².